The van der Waals surface area contributed by atoms with Crippen LogP contribution in [-0.4, -0.2) is 24.9 Å². The zero-order valence-corrected chi connectivity index (χ0v) is 11.3. The first-order chi connectivity index (χ1) is 9.02. The van der Waals surface area contributed by atoms with Crippen molar-refractivity contribution in [1.82, 2.24) is 0 Å². The van der Waals surface area contributed by atoms with Crippen LogP contribution in [0, 0.1) is 0 Å². The van der Waals surface area contributed by atoms with Gasteiger partial charge in [-0.1, -0.05) is 0 Å². The van der Waals surface area contributed by atoms with Crippen LogP contribution >= 0.6 is 0 Å². The standard InChI is InChI=1S/C14H19N3O2/c1-9(15)7-14(19)17-12-5-4-11(16-2)8-10(12)3-6-13(17)18/h4-5,8-9,16H,3,6-7,15H2,1-2H3. The van der Waals surface area contributed by atoms with Crippen LogP contribution in [0.5, 0.6) is 0 Å². The van der Waals surface area contributed by atoms with E-state index in [1.165, 1.54) is 4.90 Å². The van der Waals surface area contributed by atoms with Crippen molar-refractivity contribution in [3.8, 4) is 0 Å². The molecular formula is C14H19N3O2. The van der Waals surface area contributed by atoms with Gasteiger partial charge >= 0.3 is 0 Å². The highest BCUT2D eigenvalue weighted by Crippen LogP contribution is 2.30. The summed E-state index contributed by atoms with van der Waals surface area (Å²) in [5, 5.41) is 3.06. The normalized spacial score (nSPS) is 15.9. The highest BCUT2D eigenvalue weighted by molar-refractivity contribution is 6.16. The molecule has 102 valence electrons. The van der Waals surface area contributed by atoms with Crippen molar-refractivity contribution < 1.29 is 9.59 Å². The molecule has 1 aliphatic heterocycles. The van der Waals surface area contributed by atoms with E-state index >= 15 is 0 Å². The summed E-state index contributed by atoms with van der Waals surface area (Å²) in [5.41, 5.74) is 8.33. The average Bonchev–Trinajstić information content (AvgIpc) is 2.37. The third-order valence-corrected chi connectivity index (χ3v) is 3.21. The van der Waals surface area contributed by atoms with Crippen molar-refractivity contribution in [1.29, 1.82) is 0 Å². The molecule has 0 fully saturated rings. The predicted octanol–water partition coefficient (Wildman–Crippen LogP) is 1.27. The van der Waals surface area contributed by atoms with Crippen LogP contribution in [0.2, 0.25) is 0 Å². The van der Waals surface area contributed by atoms with Crippen molar-refractivity contribution in [3.63, 3.8) is 0 Å². The molecule has 0 spiro atoms. The molecule has 19 heavy (non-hydrogen) atoms. The molecular weight excluding hydrogens is 242 g/mol. The molecule has 2 rings (SSSR count). The van der Waals surface area contributed by atoms with E-state index in [2.05, 4.69) is 5.32 Å². The van der Waals surface area contributed by atoms with Crippen LogP contribution in [0.15, 0.2) is 18.2 Å². The van der Waals surface area contributed by atoms with Crippen molar-refractivity contribution in [2.75, 3.05) is 17.3 Å². The van der Waals surface area contributed by atoms with E-state index in [1.807, 2.05) is 25.2 Å². The molecule has 5 heteroatoms. The maximum atomic E-state index is 12.1. The third kappa shape index (κ3) is 2.76. The number of imide groups is 1. The molecule has 1 aromatic rings. The lowest BCUT2D eigenvalue weighted by molar-refractivity contribution is -0.126. The summed E-state index contributed by atoms with van der Waals surface area (Å²) in [7, 11) is 1.84. The van der Waals surface area contributed by atoms with Crippen LogP contribution < -0.4 is 16.0 Å². The molecule has 0 aliphatic carbocycles. The second kappa shape index (κ2) is 5.40. The minimum absolute atomic E-state index is 0.143. The minimum atomic E-state index is -0.248. The number of hydrogen-bond donors (Lipinski definition) is 2. The van der Waals surface area contributed by atoms with Gasteiger partial charge in [-0.3, -0.25) is 14.5 Å². The van der Waals surface area contributed by atoms with Crippen LogP contribution in [0.1, 0.15) is 25.3 Å². The molecule has 2 amide bonds. The molecule has 1 heterocycles. The van der Waals surface area contributed by atoms with E-state index in [-0.39, 0.29) is 24.3 Å². The molecule has 1 atom stereocenters. The van der Waals surface area contributed by atoms with Gasteiger partial charge in [0.15, 0.2) is 0 Å². The van der Waals surface area contributed by atoms with Crippen LogP contribution in [0.3, 0.4) is 0 Å². The van der Waals surface area contributed by atoms with Crippen LogP contribution in [0.4, 0.5) is 11.4 Å². The maximum Gasteiger partial charge on any atom is 0.235 e. The first-order valence-corrected chi connectivity index (χ1v) is 6.45. The first-order valence-electron chi connectivity index (χ1n) is 6.45. The topological polar surface area (TPSA) is 75.4 Å². The molecule has 1 aromatic carbocycles. The number of hydrogen-bond acceptors (Lipinski definition) is 4. The number of anilines is 2. The highest BCUT2D eigenvalue weighted by atomic mass is 16.2. The van der Waals surface area contributed by atoms with E-state index in [0.29, 0.717) is 18.5 Å². The van der Waals surface area contributed by atoms with Crippen LogP contribution in [-0.2, 0) is 16.0 Å². The molecule has 5 nitrogen and oxygen atoms in total. The highest BCUT2D eigenvalue weighted by Gasteiger charge is 2.29. The summed E-state index contributed by atoms with van der Waals surface area (Å²) in [4.78, 5) is 25.4. The fraction of sp³-hybridized carbons (Fsp3) is 0.429. The van der Waals surface area contributed by atoms with Crippen molar-refractivity contribution >= 4 is 23.2 Å². The Morgan fingerprint density at radius 2 is 2.21 bits per heavy atom. The molecule has 0 saturated carbocycles. The monoisotopic (exact) mass is 261 g/mol. The lowest BCUT2D eigenvalue weighted by Crippen LogP contribution is -2.42. The largest absolute Gasteiger partial charge is 0.388 e. The number of benzene rings is 1. The Morgan fingerprint density at radius 1 is 1.47 bits per heavy atom. The Kier molecular flexibility index (Phi) is 3.85. The predicted molar refractivity (Wildman–Crippen MR) is 75.1 cm³/mol. The van der Waals surface area contributed by atoms with E-state index in [1.54, 1.807) is 6.92 Å². The zero-order chi connectivity index (χ0) is 14.0. The average molecular weight is 261 g/mol. The number of amides is 2. The third-order valence-electron chi connectivity index (χ3n) is 3.21. The number of nitrogens with zero attached hydrogens (tertiary/aromatic N) is 1. The first kappa shape index (κ1) is 13.5. The Labute approximate surface area is 112 Å². The molecule has 1 unspecified atom stereocenters. The summed E-state index contributed by atoms with van der Waals surface area (Å²) in [6.45, 7) is 1.76. The second-order valence-corrected chi connectivity index (χ2v) is 4.90. The Balaban J connectivity index is 2.35. The quantitative estimate of drug-likeness (QED) is 0.859. The molecule has 3 N–H and O–H groups in total. The number of aryl methyl sites for hydroxylation is 1. The fourth-order valence-corrected chi connectivity index (χ4v) is 2.29. The van der Waals surface area contributed by atoms with E-state index in [4.69, 9.17) is 5.73 Å². The number of carbonyl (C=O) groups is 2. The lowest BCUT2D eigenvalue weighted by atomic mass is 9.99. The van der Waals surface area contributed by atoms with Gasteiger partial charge in [0.1, 0.15) is 0 Å². The van der Waals surface area contributed by atoms with Gasteiger partial charge in [0.2, 0.25) is 11.8 Å². The summed E-state index contributed by atoms with van der Waals surface area (Å²) in [5.74, 6) is -0.367. The minimum Gasteiger partial charge on any atom is -0.388 e. The molecule has 1 aliphatic rings. The van der Waals surface area contributed by atoms with Gasteiger partial charge in [-0.15, -0.1) is 0 Å². The molecule has 0 saturated heterocycles. The lowest BCUT2D eigenvalue weighted by Gasteiger charge is -2.28. The van der Waals surface area contributed by atoms with Gasteiger partial charge in [0, 0.05) is 31.6 Å². The van der Waals surface area contributed by atoms with Crippen molar-refractivity contribution in [2.45, 2.75) is 32.2 Å². The number of nitrogens with two attached hydrogens (primary N) is 1. The molecule has 0 bridgehead atoms. The fourth-order valence-electron chi connectivity index (χ4n) is 2.29. The SMILES string of the molecule is CNc1ccc2c(c1)CCC(=O)N2C(=O)CC(C)N. The number of fused-ring (bicyclic) bond motifs is 1. The number of nitrogens with one attached hydrogen (secondary N) is 1. The number of carbonyl (C=O) groups excluding carboxylic acids is 2. The van der Waals surface area contributed by atoms with Gasteiger partial charge in [0.25, 0.3) is 0 Å². The zero-order valence-electron chi connectivity index (χ0n) is 11.3. The molecule has 0 radical (unpaired) electrons. The summed E-state index contributed by atoms with van der Waals surface area (Å²) < 4.78 is 0. The van der Waals surface area contributed by atoms with Gasteiger partial charge in [-0.05, 0) is 37.1 Å². The van der Waals surface area contributed by atoms with Crippen LogP contribution in [0.25, 0.3) is 0 Å². The molecule has 0 aromatic heterocycles. The van der Waals surface area contributed by atoms with Crippen molar-refractivity contribution in [3.05, 3.63) is 23.8 Å². The summed E-state index contributed by atoms with van der Waals surface area (Å²) in [6, 6.07) is 5.41. The van der Waals surface area contributed by atoms with Gasteiger partial charge in [0.05, 0.1) is 5.69 Å². The summed E-state index contributed by atoms with van der Waals surface area (Å²) in [6.07, 6.45) is 1.22. The summed E-state index contributed by atoms with van der Waals surface area (Å²) >= 11 is 0. The van der Waals surface area contributed by atoms with Gasteiger partial charge < -0.3 is 11.1 Å². The van der Waals surface area contributed by atoms with E-state index in [9.17, 15) is 9.59 Å². The van der Waals surface area contributed by atoms with Crippen molar-refractivity contribution in [2.24, 2.45) is 5.73 Å². The Morgan fingerprint density at radius 3 is 2.84 bits per heavy atom. The number of rotatable bonds is 3. The van der Waals surface area contributed by atoms with Gasteiger partial charge in [-0.25, -0.2) is 0 Å². The smallest absolute Gasteiger partial charge is 0.235 e. The van der Waals surface area contributed by atoms with E-state index < -0.39 is 0 Å². The van der Waals surface area contributed by atoms with Gasteiger partial charge in [-0.2, -0.15) is 0 Å². The second-order valence-electron chi connectivity index (χ2n) is 4.90. The Bertz CT molecular complexity index is 511. The maximum absolute atomic E-state index is 12.1. The van der Waals surface area contributed by atoms with E-state index in [0.717, 1.165) is 11.3 Å². The Hall–Kier alpha value is -1.88.